The van der Waals surface area contributed by atoms with Crippen LogP contribution in [-0.4, -0.2) is 55.1 Å². The van der Waals surface area contributed by atoms with E-state index < -0.39 is 0 Å². The van der Waals surface area contributed by atoms with Gasteiger partial charge >= 0.3 is 0 Å². The Hall–Kier alpha value is -1.39. The van der Waals surface area contributed by atoms with E-state index in [1.54, 1.807) is 0 Å². The molecule has 22 heavy (non-hydrogen) atoms. The molecular weight excluding hydrogens is 276 g/mol. The van der Waals surface area contributed by atoms with Crippen LogP contribution in [0.3, 0.4) is 0 Å². The van der Waals surface area contributed by atoms with E-state index in [-0.39, 0.29) is 17.6 Å². The summed E-state index contributed by atoms with van der Waals surface area (Å²) in [4.78, 5) is 17.0. The summed E-state index contributed by atoms with van der Waals surface area (Å²) in [5.74, 6) is 0.211. The third kappa shape index (κ3) is 2.90. The number of ether oxygens (including phenoxy) is 1. The van der Waals surface area contributed by atoms with Gasteiger partial charge in [-0.1, -0.05) is 29.8 Å². The van der Waals surface area contributed by atoms with Crippen molar-refractivity contribution in [2.24, 2.45) is 0 Å². The van der Waals surface area contributed by atoms with Gasteiger partial charge in [-0.15, -0.1) is 0 Å². The highest BCUT2D eigenvalue weighted by atomic mass is 16.5. The minimum Gasteiger partial charge on any atom is -0.375 e. The van der Waals surface area contributed by atoms with Gasteiger partial charge in [0.1, 0.15) is 6.04 Å². The van der Waals surface area contributed by atoms with E-state index in [2.05, 4.69) is 31.2 Å². The van der Waals surface area contributed by atoms with Crippen molar-refractivity contribution < 1.29 is 9.53 Å². The van der Waals surface area contributed by atoms with E-state index in [1.807, 2.05) is 23.9 Å². The summed E-state index contributed by atoms with van der Waals surface area (Å²) in [5, 5.41) is 0. The Morgan fingerprint density at radius 2 is 1.77 bits per heavy atom. The standard InChI is InChI=1S/C18H26N2O2/c1-14-4-6-15(7-5-14)16(19(2)3)17(21)20-11-8-18(9-12-20)10-13-22-18/h4-7,16H,8-13H2,1-3H3/t16-/m1/s1. The summed E-state index contributed by atoms with van der Waals surface area (Å²) in [6.07, 6.45) is 3.11. The average molecular weight is 302 g/mol. The van der Waals surface area contributed by atoms with Crippen LogP contribution >= 0.6 is 0 Å². The van der Waals surface area contributed by atoms with Crippen molar-refractivity contribution in [3.63, 3.8) is 0 Å². The SMILES string of the molecule is Cc1ccc([C@H](C(=O)N2CCC3(CCO3)CC2)N(C)C)cc1. The molecule has 2 heterocycles. The highest BCUT2D eigenvalue weighted by Gasteiger charge is 2.43. The zero-order valence-corrected chi connectivity index (χ0v) is 13.8. The summed E-state index contributed by atoms with van der Waals surface area (Å²) in [5.41, 5.74) is 2.38. The molecule has 0 aliphatic carbocycles. The highest BCUT2D eigenvalue weighted by Crippen LogP contribution is 2.37. The number of amides is 1. The molecule has 2 aliphatic rings. The number of nitrogens with zero attached hydrogens (tertiary/aromatic N) is 2. The van der Waals surface area contributed by atoms with Gasteiger partial charge in [0.15, 0.2) is 0 Å². The fourth-order valence-electron chi connectivity index (χ4n) is 3.50. The number of benzene rings is 1. The van der Waals surface area contributed by atoms with Gasteiger partial charge < -0.3 is 9.64 Å². The number of carbonyl (C=O) groups is 1. The van der Waals surface area contributed by atoms with Gasteiger partial charge in [0, 0.05) is 13.1 Å². The second kappa shape index (κ2) is 6.01. The van der Waals surface area contributed by atoms with Crippen LogP contribution in [0, 0.1) is 6.92 Å². The number of piperidine rings is 1. The van der Waals surface area contributed by atoms with Gasteiger partial charge in [0.05, 0.1) is 12.2 Å². The molecule has 1 spiro atoms. The third-order valence-corrected chi connectivity index (χ3v) is 5.10. The number of carbonyl (C=O) groups excluding carboxylic acids is 1. The van der Waals surface area contributed by atoms with Crippen molar-refractivity contribution in [1.82, 2.24) is 9.80 Å². The Balaban J connectivity index is 1.71. The summed E-state index contributed by atoms with van der Waals surface area (Å²) in [6, 6.07) is 8.09. The van der Waals surface area contributed by atoms with Crippen molar-refractivity contribution in [3.8, 4) is 0 Å². The average Bonchev–Trinajstić information content (AvgIpc) is 2.47. The zero-order valence-electron chi connectivity index (χ0n) is 13.8. The van der Waals surface area contributed by atoms with Gasteiger partial charge in [-0.25, -0.2) is 0 Å². The maximum Gasteiger partial charge on any atom is 0.244 e. The quantitative estimate of drug-likeness (QED) is 0.859. The van der Waals surface area contributed by atoms with Crippen LogP contribution in [0.4, 0.5) is 0 Å². The van der Waals surface area contributed by atoms with Crippen molar-refractivity contribution in [2.45, 2.75) is 37.8 Å². The Morgan fingerprint density at radius 1 is 1.18 bits per heavy atom. The Morgan fingerprint density at radius 3 is 2.23 bits per heavy atom. The fourth-order valence-corrected chi connectivity index (χ4v) is 3.50. The lowest BCUT2D eigenvalue weighted by molar-refractivity contribution is -0.177. The van der Waals surface area contributed by atoms with Crippen molar-refractivity contribution in [2.75, 3.05) is 33.8 Å². The molecule has 0 bridgehead atoms. The highest BCUT2D eigenvalue weighted by molar-refractivity contribution is 5.83. The van der Waals surface area contributed by atoms with Crippen molar-refractivity contribution in [1.29, 1.82) is 0 Å². The van der Waals surface area contributed by atoms with E-state index in [4.69, 9.17) is 4.74 Å². The summed E-state index contributed by atoms with van der Waals surface area (Å²) >= 11 is 0. The largest absolute Gasteiger partial charge is 0.375 e. The Labute approximate surface area is 133 Å². The second-order valence-electron chi connectivity index (χ2n) is 6.88. The molecule has 0 saturated carbocycles. The number of likely N-dealkylation sites (N-methyl/N-ethyl adjacent to an activating group) is 1. The van der Waals surface area contributed by atoms with E-state index in [0.717, 1.165) is 44.5 Å². The number of hydrogen-bond acceptors (Lipinski definition) is 3. The number of aryl methyl sites for hydroxylation is 1. The van der Waals surface area contributed by atoms with Crippen LogP contribution in [0.15, 0.2) is 24.3 Å². The molecule has 1 aromatic rings. The normalized spacial score (nSPS) is 21.7. The smallest absolute Gasteiger partial charge is 0.244 e. The van der Waals surface area contributed by atoms with E-state index in [9.17, 15) is 4.79 Å². The molecule has 1 aromatic carbocycles. The molecular formula is C18H26N2O2. The number of likely N-dealkylation sites (tertiary alicyclic amines) is 1. The van der Waals surface area contributed by atoms with E-state index in [0.29, 0.717) is 0 Å². The maximum absolute atomic E-state index is 13.0. The van der Waals surface area contributed by atoms with Crippen molar-refractivity contribution >= 4 is 5.91 Å². The molecule has 0 unspecified atom stereocenters. The van der Waals surface area contributed by atoms with Gasteiger partial charge in [-0.3, -0.25) is 9.69 Å². The van der Waals surface area contributed by atoms with Gasteiger partial charge in [-0.2, -0.15) is 0 Å². The first-order chi connectivity index (χ1) is 10.5. The topological polar surface area (TPSA) is 32.8 Å². The first-order valence-electron chi connectivity index (χ1n) is 8.16. The van der Waals surface area contributed by atoms with Crippen LogP contribution in [0.5, 0.6) is 0 Å². The van der Waals surface area contributed by atoms with Crippen molar-refractivity contribution in [3.05, 3.63) is 35.4 Å². The predicted octanol–water partition coefficient (Wildman–Crippen LogP) is 2.38. The Kier molecular flexibility index (Phi) is 4.24. The monoisotopic (exact) mass is 302 g/mol. The summed E-state index contributed by atoms with van der Waals surface area (Å²) < 4.78 is 5.74. The molecule has 120 valence electrons. The lowest BCUT2D eigenvalue weighted by Crippen LogP contribution is -2.54. The molecule has 2 saturated heterocycles. The maximum atomic E-state index is 13.0. The molecule has 4 heteroatoms. The zero-order chi connectivity index (χ0) is 15.7. The first kappa shape index (κ1) is 15.5. The predicted molar refractivity (Wildman–Crippen MR) is 86.7 cm³/mol. The molecule has 2 fully saturated rings. The van der Waals surface area contributed by atoms with Crippen LogP contribution in [0.2, 0.25) is 0 Å². The fraction of sp³-hybridized carbons (Fsp3) is 0.611. The molecule has 1 amide bonds. The lowest BCUT2D eigenvalue weighted by Gasteiger charge is -2.48. The molecule has 1 atom stereocenters. The third-order valence-electron chi connectivity index (χ3n) is 5.10. The molecule has 4 nitrogen and oxygen atoms in total. The van der Waals surface area contributed by atoms with Gasteiger partial charge in [0.2, 0.25) is 5.91 Å². The minimum absolute atomic E-state index is 0.0915. The second-order valence-corrected chi connectivity index (χ2v) is 6.88. The first-order valence-corrected chi connectivity index (χ1v) is 8.16. The summed E-state index contributed by atoms with van der Waals surface area (Å²) in [6.45, 7) is 4.58. The summed E-state index contributed by atoms with van der Waals surface area (Å²) in [7, 11) is 3.95. The Bertz CT molecular complexity index is 525. The molecule has 0 radical (unpaired) electrons. The van der Waals surface area contributed by atoms with Gasteiger partial charge in [-0.05, 0) is 45.8 Å². The van der Waals surface area contributed by atoms with Crippen LogP contribution < -0.4 is 0 Å². The number of rotatable bonds is 3. The molecule has 0 aromatic heterocycles. The van der Waals surface area contributed by atoms with E-state index >= 15 is 0 Å². The number of hydrogen-bond donors (Lipinski definition) is 0. The van der Waals surface area contributed by atoms with Gasteiger partial charge in [0.25, 0.3) is 0 Å². The van der Waals surface area contributed by atoms with Crippen LogP contribution in [0.1, 0.15) is 36.4 Å². The van der Waals surface area contributed by atoms with Crippen LogP contribution in [-0.2, 0) is 9.53 Å². The minimum atomic E-state index is -0.197. The van der Waals surface area contributed by atoms with E-state index in [1.165, 1.54) is 5.56 Å². The van der Waals surface area contributed by atoms with Crippen LogP contribution in [0.25, 0.3) is 0 Å². The molecule has 2 aliphatic heterocycles. The molecule has 0 N–H and O–H groups in total. The lowest BCUT2D eigenvalue weighted by atomic mass is 9.84. The molecule has 3 rings (SSSR count).